The molecule has 0 spiro atoms. The molecule has 2 aromatic carbocycles. The van der Waals surface area contributed by atoms with Crippen molar-refractivity contribution in [3.63, 3.8) is 0 Å². The maximum Gasteiger partial charge on any atom is 0.246 e. The summed E-state index contributed by atoms with van der Waals surface area (Å²) < 4.78 is 7.83. The number of rotatable bonds is 5. The summed E-state index contributed by atoms with van der Waals surface area (Å²) in [6.45, 7) is 3.17. The molecule has 0 radical (unpaired) electrons. The van der Waals surface area contributed by atoms with E-state index in [4.69, 9.17) is 15.6 Å². The Bertz CT molecular complexity index is 1330. The Morgan fingerprint density at radius 1 is 1.09 bits per heavy atom. The van der Waals surface area contributed by atoms with Gasteiger partial charge in [-0.05, 0) is 62.2 Å². The SMILES string of the molecule is C/C=C\C(=O)N1CCC[C@H](n2nc(-c3ccc(Oc4ccccc4)cc3)c3c(N)ncnc32)C1. The van der Waals surface area contributed by atoms with Gasteiger partial charge < -0.3 is 15.4 Å². The van der Waals surface area contributed by atoms with Crippen LogP contribution in [0, 0.1) is 0 Å². The molecule has 1 fully saturated rings. The molecule has 0 bridgehead atoms. The number of piperidine rings is 1. The summed E-state index contributed by atoms with van der Waals surface area (Å²) >= 11 is 0. The predicted octanol–water partition coefficient (Wildman–Crippen LogP) is 4.61. The summed E-state index contributed by atoms with van der Waals surface area (Å²) in [4.78, 5) is 23.0. The second-order valence-corrected chi connectivity index (χ2v) is 8.27. The minimum absolute atomic E-state index is 0.00851. The average Bonchev–Trinajstić information content (AvgIpc) is 3.26. The number of anilines is 1. The molecule has 8 heteroatoms. The zero-order valence-electron chi connectivity index (χ0n) is 19.0. The van der Waals surface area contributed by atoms with Crippen LogP contribution in [0.4, 0.5) is 5.82 Å². The van der Waals surface area contributed by atoms with Crippen LogP contribution < -0.4 is 10.5 Å². The van der Waals surface area contributed by atoms with E-state index < -0.39 is 0 Å². The third kappa shape index (κ3) is 4.22. The normalized spacial score (nSPS) is 16.3. The van der Waals surface area contributed by atoms with Gasteiger partial charge in [0.2, 0.25) is 5.91 Å². The van der Waals surface area contributed by atoms with Crippen molar-refractivity contribution in [2.24, 2.45) is 0 Å². The Balaban J connectivity index is 1.49. The van der Waals surface area contributed by atoms with Gasteiger partial charge in [-0.15, -0.1) is 0 Å². The van der Waals surface area contributed by atoms with Crippen molar-refractivity contribution < 1.29 is 9.53 Å². The van der Waals surface area contributed by atoms with Crippen LogP contribution in [0.15, 0.2) is 73.1 Å². The van der Waals surface area contributed by atoms with Gasteiger partial charge in [0.05, 0.1) is 11.4 Å². The fourth-order valence-corrected chi connectivity index (χ4v) is 4.36. The molecule has 0 aliphatic carbocycles. The molecule has 1 saturated heterocycles. The molecule has 2 aromatic heterocycles. The lowest BCUT2D eigenvalue weighted by molar-refractivity contribution is -0.127. The van der Waals surface area contributed by atoms with E-state index in [0.29, 0.717) is 18.0 Å². The molecule has 1 aliphatic heterocycles. The highest BCUT2D eigenvalue weighted by atomic mass is 16.5. The lowest BCUT2D eigenvalue weighted by atomic mass is 10.1. The Morgan fingerprint density at radius 3 is 2.62 bits per heavy atom. The van der Waals surface area contributed by atoms with E-state index in [2.05, 4.69) is 9.97 Å². The predicted molar refractivity (Wildman–Crippen MR) is 131 cm³/mol. The molecule has 34 heavy (non-hydrogen) atoms. The number of fused-ring (bicyclic) bond motifs is 1. The van der Waals surface area contributed by atoms with Crippen molar-refractivity contribution >= 4 is 22.8 Å². The number of carbonyl (C=O) groups is 1. The molecule has 5 rings (SSSR count). The molecule has 4 aromatic rings. The molecule has 1 atom stereocenters. The molecule has 1 amide bonds. The molecule has 8 nitrogen and oxygen atoms in total. The highest BCUT2D eigenvalue weighted by Gasteiger charge is 2.28. The first-order chi connectivity index (χ1) is 16.6. The van der Waals surface area contributed by atoms with Gasteiger partial charge in [-0.1, -0.05) is 24.3 Å². The molecular weight excluding hydrogens is 428 g/mol. The second-order valence-electron chi connectivity index (χ2n) is 8.27. The van der Waals surface area contributed by atoms with Crippen LogP contribution in [0.3, 0.4) is 0 Å². The van der Waals surface area contributed by atoms with Gasteiger partial charge >= 0.3 is 0 Å². The van der Waals surface area contributed by atoms with Crippen LogP contribution in [0.25, 0.3) is 22.3 Å². The van der Waals surface area contributed by atoms with Crippen molar-refractivity contribution in [3.05, 3.63) is 73.1 Å². The summed E-state index contributed by atoms with van der Waals surface area (Å²) in [5.41, 5.74) is 8.57. The number of allylic oxidation sites excluding steroid dienone is 1. The van der Waals surface area contributed by atoms with E-state index in [9.17, 15) is 4.79 Å². The molecule has 172 valence electrons. The fraction of sp³-hybridized carbons (Fsp3) is 0.231. The lowest BCUT2D eigenvalue weighted by Gasteiger charge is -2.32. The maximum absolute atomic E-state index is 12.4. The molecule has 3 heterocycles. The minimum atomic E-state index is 0.00851. The summed E-state index contributed by atoms with van der Waals surface area (Å²) in [6, 6.07) is 17.4. The summed E-state index contributed by atoms with van der Waals surface area (Å²) in [7, 11) is 0. The van der Waals surface area contributed by atoms with E-state index in [-0.39, 0.29) is 11.9 Å². The zero-order valence-corrected chi connectivity index (χ0v) is 19.0. The first-order valence-electron chi connectivity index (χ1n) is 11.4. The molecule has 2 N–H and O–H groups in total. The number of nitrogens with two attached hydrogens (primary N) is 1. The standard InChI is InChI=1S/C26H26N6O2/c1-2-7-22(33)31-15-6-8-19(16-31)32-26-23(25(27)28-17-29-26)24(30-32)18-11-13-21(14-12-18)34-20-9-4-3-5-10-20/h2-5,7,9-14,17,19H,6,8,15-16H2,1H3,(H2,27,28,29)/b7-2-/t19-/m0/s1. The minimum Gasteiger partial charge on any atom is -0.457 e. The summed E-state index contributed by atoms with van der Waals surface area (Å²) in [5, 5.41) is 5.65. The third-order valence-corrected chi connectivity index (χ3v) is 5.99. The van der Waals surface area contributed by atoms with Gasteiger partial charge in [-0.3, -0.25) is 4.79 Å². The van der Waals surface area contributed by atoms with E-state index >= 15 is 0 Å². The second kappa shape index (κ2) is 9.35. The number of hydrogen-bond acceptors (Lipinski definition) is 6. The van der Waals surface area contributed by atoms with Crippen LogP contribution in [0.2, 0.25) is 0 Å². The number of ether oxygens (including phenoxy) is 1. The Morgan fingerprint density at radius 2 is 1.85 bits per heavy atom. The molecule has 1 aliphatic rings. The number of hydrogen-bond donors (Lipinski definition) is 1. The van der Waals surface area contributed by atoms with E-state index in [1.807, 2.05) is 71.1 Å². The van der Waals surface area contributed by atoms with E-state index in [1.165, 1.54) is 6.33 Å². The van der Waals surface area contributed by atoms with Crippen LogP contribution in [0.5, 0.6) is 11.5 Å². The number of carbonyl (C=O) groups excluding carboxylic acids is 1. The van der Waals surface area contributed by atoms with Crippen LogP contribution in [-0.2, 0) is 4.79 Å². The highest BCUT2D eigenvalue weighted by Crippen LogP contribution is 2.34. The van der Waals surface area contributed by atoms with Gasteiger partial charge in [0.15, 0.2) is 5.65 Å². The zero-order chi connectivity index (χ0) is 23.5. The van der Waals surface area contributed by atoms with Crippen molar-refractivity contribution in [1.82, 2.24) is 24.6 Å². The Kier molecular flexibility index (Phi) is 5.95. The highest BCUT2D eigenvalue weighted by molar-refractivity contribution is 5.98. The molecular formula is C26H26N6O2. The number of likely N-dealkylation sites (tertiary alicyclic amines) is 1. The summed E-state index contributed by atoms with van der Waals surface area (Å²) in [6.07, 6.45) is 6.64. The quantitative estimate of drug-likeness (QED) is 0.442. The van der Waals surface area contributed by atoms with Gasteiger partial charge in [-0.25, -0.2) is 14.6 Å². The van der Waals surface area contributed by atoms with Crippen molar-refractivity contribution in [2.75, 3.05) is 18.8 Å². The smallest absolute Gasteiger partial charge is 0.246 e. The van der Waals surface area contributed by atoms with Crippen molar-refractivity contribution in [1.29, 1.82) is 0 Å². The number of benzene rings is 2. The Labute approximate surface area is 197 Å². The van der Waals surface area contributed by atoms with Crippen LogP contribution >= 0.6 is 0 Å². The number of nitrogens with zero attached hydrogens (tertiary/aromatic N) is 5. The van der Waals surface area contributed by atoms with E-state index in [0.717, 1.165) is 47.5 Å². The van der Waals surface area contributed by atoms with Gasteiger partial charge in [-0.2, -0.15) is 5.10 Å². The monoisotopic (exact) mass is 454 g/mol. The number of nitrogen functional groups attached to an aromatic ring is 1. The number of para-hydroxylation sites is 1. The summed E-state index contributed by atoms with van der Waals surface area (Å²) in [5.74, 6) is 1.91. The first kappa shape index (κ1) is 21.6. The van der Waals surface area contributed by atoms with Crippen molar-refractivity contribution in [3.8, 4) is 22.8 Å². The molecule has 0 unspecified atom stereocenters. The number of aromatic nitrogens is 4. The van der Waals surface area contributed by atoms with Crippen LogP contribution in [-0.4, -0.2) is 43.6 Å². The fourth-order valence-electron chi connectivity index (χ4n) is 4.36. The first-order valence-corrected chi connectivity index (χ1v) is 11.4. The van der Waals surface area contributed by atoms with Gasteiger partial charge in [0, 0.05) is 18.7 Å². The van der Waals surface area contributed by atoms with E-state index in [1.54, 1.807) is 12.2 Å². The van der Waals surface area contributed by atoms with Crippen LogP contribution in [0.1, 0.15) is 25.8 Å². The lowest BCUT2D eigenvalue weighted by Crippen LogP contribution is -2.40. The number of amides is 1. The maximum atomic E-state index is 12.4. The Hall–Kier alpha value is -4.20. The van der Waals surface area contributed by atoms with Crippen molar-refractivity contribution in [2.45, 2.75) is 25.8 Å². The topological polar surface area (TPSA) is 99.2 Å². The third-order valence-electron chi connectivity index (χ3n) is 5.99. The average molecular weight is 455 g/mol. The van der Waals surface area contributed by atoms with Gasteiger partial charge in [0.1, 0.15) is 29.3 Å². The largest absolute Gasteiger partial charge is 0.457 e. The van der Waals surface area contributed by atoms with Gasteiger partial charge in [0.25, 0.3) is 0 Å². The molecule has 0 saturated carbocycles.